The Morgan fingerprint density at radius 1 is 1.17 bits per heavy atom. The van der Waals surface area contributed by atoms with Crippen molar-refractivity contribution in [3.8, 4) is 0 Å². The SMILES string of the molecule is O=C(NCc1ccc(Cl)cc1)c1cc2n(n1)[C@H](C(F)(F)F)C[C@H](c1ccccc1)N2. The lowest BCUT2D eigenvalue weighted by Gasteiger charge is -2.33. The molecule has 30 heavy (non-hydrogen) atoms. The molecule has 0 spiro atoms. The van der Waals surface area contributed by atoms with E-state index in [2.05, 4.69) is 15.7 Å². The predicted molar refractivity (Wildman–Crippen MR) is 107 cm³/mol. The van der Waals surface area contributed by atoms with Gasteiger partial charge < -0.3 is 10.6 Å². The molecule has 5 nitrogen and oxygen atoms in total. The van der Waals surface area contributed by atoms with Crippen LogP contribution >= 0.6 is 11.6 Å². The van der Waals surface area contributed by atoms with Gasteiger partial charge in [0.05, 0.1) is 6.04 Å². The van der Waals surface area contributed by atoms with Crippen molar-refractivity contribution in [1.82, 2.24) is 15.1 Å². The normalized spacial score (nSPS) is 18.4. The van der Waals surface area contributed by atoms with Gasteiger partial charge in [0.25, 0.3) is 5.91 Å². The highest BCUT2D eigenvalue weighted by Crippen LogP contribution is 2.43. The molecule has 3 aromatic rings. The molecule has 2 heterocycles. The van der Waals surface area contributed by atoms with Crippen LogP contribution in [0.25, 0.3) is 0 Å². The summed E-state index contributed by atoms with van der Waals surface area (Å²) in [6.07, 6.45) is -4.71. The number of carbonyl (C=O) groups excluding carboxylic acids is 1. The first-order valence-corrected chi connectivity index (χ1v) is 9.69. The van der Waals surface area contributed by atoms with Crippen LogP contribution in [0.3, 0.4) is 0 Å². The number of hydrogen-bond donors (Lipinski definition) is 2. The minimum atomic E-state index is -4.49. The average Bonchev–Trinajstić information content (AvgIpc) is 3.16. The summed E-state index contributed by atoms with van der Waals surface area (Å²) in [5, 5.41) is 10.3. The van der Waals surface area contributed by atoms with Crippen molar-refractivity contribution in [1.29, 1.82) is 0 Å². The van der Waals surface area contributed by atoms with Gasteiger partial charge in [-0.15, -0.1) is 0 Å². The van der Waals surface area contributed by atoms with Crippen LogP contribution in [0, 0.1) is 0 Å². The van der Waals surface area contributed by atoms with E-state index in [0.29, 0.717) is 5.02 Å². The van der Waals surface area contributed by atoms with Crippen LogP contribution in [0.4, 0.5) is 19.0 Å². The van der Waals surface area contributed by atoms with Gasteiger partial charge in [0, 0.05) is 24.1 Å². The molecular formula is C21H18ClF3N4O. The average molecular weight is 435 g/mol. The topological polar surface area (TPSA) is 59.0 Å². The van der Waals surface area contributed by atoms with Crippen molar-refractivity contribution in [2.24, 2.45) is 0 Å². The summed E-state index contributed by atoms with van der Waals surface area (Å²) >= 11 is 5.84. The summed E-state index contributed by atoms with van der Waals surface area (Å²) in [7, 11) is 0. The molecule has 156 valence electrons. The molecule has 4 rings (SSSR count). The van der Waals surface area contributed by atoms with Crippen LogP contribution in [0.1, 0.15) is 40.1 Å². The zero-order valence-electron chi connectivity index (χ0n) is 15.7. The molecule has 1 aromatic heterocycles. The number of fused-ring (bicyclic) bond motifs is 1. The molecule has 2 atom stereocenters. The van der Waals surface area contributed by atoms with E-state index >= 15 is 0 Å². The molecular weight excluding hydrogens is 417 g/mol. The summed E-state index contributed by atoms with van der Waals surface area (Å²) < 4.78 is 42.0. The van der Waals surface area contributed by atoms with Crippen molar-refractivity contribution < 1.29 is 18.0 Å². The van der Waals surface area contributed by atoms with E-state index in [4.69, 9.17) is 11.6 Å². The number of hydrogen-bond acceptors (Lipinski definition) is 3. The van der Waals surface area contributed by atoms with Gasteiger partial charge in [0.2, 0.25) is 0 Å². The Morgan fingerprint density at radius 3 is 2.53 bits per heavy atom. The first kappa shape index (κ1) is 20.3. The highest BCUT2D eigenvalue weighted by atomic mass is 35.5. The Bertz CT molecular complexity index is 1030. The molecule has 9 heteroatoms. The van der Waals surface area contributed by atoms with E-state index in [0.717, 1.165) is 15.8 Å². The maximum absolute atomic E-state index is 13.7. The molecule has 2 aromatic carbocycles. The van der Waals surface area contributed by atoms with E-state index in [1.807, 2.05) is 0 Å². The Hall–Kier alpha value is -3.00. The number of nitrogens with zero attached hydrogens (tertiary/aromatic N) is 2. The maximum atomic E-state index is 13.7. The highest BCUT2D eigenvalue weighted by molar-refractivity contribution is 6.30. The fourth-order valence-electron chi connectivity index (χ4n) is 3.46. The number of nitrogens with one attached hydrogen (secondary N) is 2. The van der Waals surface area contributed by atoms with Gasteiger partial charge in [-0.25, -0.2) is 4.68 Å². The third-order valence-electron chi connectivity index (χ3n) is 4.99. The Balaban J connectivity index is 1.56. The van der Waals surface area contributed by atoms with Gasteiger partial charge in [-0.1, -0.05) is 54.1 Å². The Kier molecular flexibility index (Phi) is 5.42. The predicted octanol–water partition coefficient (Wildman–Crippen LogP) is 5.13. The van der Waals surface area contributed by atoms with Crippen LogP contribution in [0.2, 0.25) is 5.02 Å². The molecule has 0 unspecified atom stereocenters. The van der Waals surface area contributed by atoms with Gasteiger partial charge in [-0.05, 0) is 23.3 Å². The fourth-order valence-corrected chi connectivity index (χ4v) is 3.59. The van der Waals surface area contributed by atoms with Crippen LogP contribution in [0.5, 0.6) is 0 Å². The highest BCUT2D eigenvalue weighted by Gasteiger charge is 2.46. The van der Waals surface area contributed by atoms with Crippen LogP contribution in [0.15, 0.2) is 60.7 Å². The van der Waals surface area contributed by atoms with Crippen molar-refractivity contribution in [3.05, 3.63) is 82.5 Å². The smallest absolute Gasteiger partial charge is 0.363 e. The van der Waals surface area contributed by atoms with Crippen LogP contribution < -0.4 is 10.6 Å². The fraction of sp³-hybridized carbons (Fsp3) is 0.238. The lowest BCUT2D eigenvalue weighted by molar-refractivity contribution is -0.173. The van der Waals surface area contributed by atoms with Crippen molar-refractivity contribution in [3.63, 3.8) is 0 Å². The van der Waals surface area contributed by atoms with Crippen LogP contribution in [-0.4, -0.2) is 21.9 Å². The van der Waals surface area contributed by atoms with Gasteiger partial charge >= 0.3 is 6.18 Å². The first-order chi connectivity index (χ1) is 14.3. The molecule has 0 fully saturated rings. The molecule has 0 bridgehead atoms. The first-order valence-electron chi connectivity index (χ1n) is 9.31. The Labute approximate surface area is 175 Å². The summed E-state index contributed by atoms with van der Waals surface area (Å²) in [5.41, 5.74) is 1.48. The number of benzene rings is 2. The molecule has 2 N–H and O–H groups in total. The lowest BCUT2D eigenvalue weighted by Crippen LogP contribution is -2.35. The molecule has 0 radical (unpaired) electrons. The van der Waals surface area contributed by atoms with E-state index < -0.39 is 24.2 Å². The number of amides is 1. The van der Waals surface area contributed by atoms with Gasteiger partial charge in [-0.3, -0.25) is 4.79 Å². The second-order valence-electron chi connectivity index (χ2n) is 7.07. The second-order valence-corrected chi connectivity index (χ2v) is 7.51. The summed E-state index contributed by atoms with van der Waals surface area (Å²) in [6.45, 7) is 0.209. The largest absolute Gasteiger partial charge is 0.410 e. The quantitative estimate of drug-likeness (QED) is 0.598. The molecule has 0 aliphatic carbocycles. The number of halogens is 4. The van der Waals surface area contributed by atoms with E-state index in [1.54, 1.807) is 54.6 Å². The van der Waals surface area contributed by atoms with Gasteiger partial charge in [-0.2, -0.15) is 18.3 Å². The lowest BCUT2D eigenvalue weighted by atomic mass is 9.97. The molecule has 1 aliphatic heterocycles. The van der Waals surface area contributed by atoms with Crippen molar-refractivity contribution in [2.75, 3.05) is 5.32 Å². The number of alkyl halides is 3. The minimum absolute atomic E-state index is 0.0746. The number of aromatic nitrogens is 2. The standard InChI is InChI=1S/C21H18ClF3N4O/c22-15-8-6-13(7-9-15)12-26-20(30)17-11-19-27-16(14-4-2-1-3-5-14)10-18(21(23,24)25)29(19)28-17/h1-9,11,16,18,27H,10,12H2,(H,26,30)/t16-,18+/m1/s1. The van der Waals surface area contributed by atoms with Crippen molar-refractivity contribution in [2.45, 2.75) is 31.2 Å². The van der Waals surface area contributed by atoms with Gasteiger partial charge in [0.15, 0.2) is 11.7 Å². The summed E-state index contributed by atoms with van der Waals surface area (Å²) in [6, 6.07) is 14.8. The van der Waals surface area contributed by atoms with Crippen molar-refractivity contribution >= 4 is 23.3 Å². The van der Waals surface area contributed by atoms with E-state index in [9.17, 15) is 18.0 Å². The summed E-state index contributed by atoms with van der Waals surface area (Å²) in [5.74, 6) is -0.389. The van der Waals surface area contributed by atoms with Gasteiger partial charge in [0.1, 0.15) is 5.82 Å². The number of carbonyl (C=O) groups is 1. The van der Waals surface area contributed by atoms with E-state index in [1.165, 1.54) is 6.07 Å². The maximum Gasteiger partial charge on any atom is 0.410 e. The molecule has 1 amide bonds. The van der Waals surface area contributed by atoms with E-state index in [-0.39, 0.29) is 24.5 Å². The molecule has 0 saturated heterocycles. The Morgan fingerprint density at radius 2 is 1.87 bits per heavy atom. The third kappa shape index (κ3) is 4.28. The minimum Gasteiger partial charge on any atom is -0.363 e. The third-order valence-corrected chi connectivity index (χ3v) is 5.24. The zero-order valence-corrected chi connectivity index (χ0v) is 16.4. The monoisotopic (exact) mass is 434 g/mol. The molecule has 1 aliphatic rings. The summed E-state index contributed by atoms with van der Waals surface area (Å²) in [4.78, 5) is 12.5. The number of anilines is 1. The van der Waals surface area contributed by atoms with Crippen LogP contribution in [-0.2, 0) is 6.54 Å². The number of rotatable bonds is 4. The zero-order chi connectivity index (χ0) is 21.3. The second kappa shape index (κ2) is 8.02. The molecule has 0 saturated carbocycles.